The molecule has 0 aliphatic carbocycles. The van der Waals surface area contributed by atoms with Gasteiger partial charge in [-0.1, -0.05) is 6.92 Å². The summed E-state index contributed by atoms with van der Waals surface area (Å²) in [6.07, 6.45) is 0.910. The smallest absolute Gasteiger partial charge is 0.248 e. The van der Waals surface area contributed by atoms with Crippen LogP contribution in [0.25, 0.3) is 0 Å². The van der Waals surface area contributed by atoms with Gasteiger partial charge < -0.3 is 15.3 Å². The zero-order valence-corrected chi connectivity index (χ0v) is 10.6. The molecule has 2 fully saturated rings. The lowest BCUT2D eigenvalue weighted by atomic mass is 9.79. The van der Waals surface area contributed by atoms with E-state index in [2.05, 4.69) is 5.32 Å². The number of likely N-dealkylation sites (tertiary alicyclic amines) is 1. The number of carbonyl (C=O) groups is 2. The highest BCUT2D eigenvalue weighted by atomic mass is 16.3. The van der Waals surface area contributed by atoms with E-state index in [9.17, 15) is 14.7 Å². The quantitative estimate of drug-likeness (QED) is 0.661. The van der Waals surface area contributed by atoms with Crippen molar-refractivity contribution in [1.29, 1.82) is 0 Å². The lowest BCUT2D eigenvalue weighted by Gasteiger charge is -2.50. The summed E-state index contributed by atoms with van der Waals surface area (Å²) in [7, 11) is 0. The summed E-state index contributed by atoms with van der Waals surface area (Å²) in [5.41, 5.74) is -0.639. The Bertz CT molecular complexity index is 356. The van der Waals surface area contributed by atoms with Crippen LogP contribution in [0.4, 0.5) is 0 Å². The van der Waals surface area contributed by atoms with Gasteiger partial charge in [0.1, 0.15) is 5.54 Å². The van der Waals surface area contributed by atoms with Gasteiger partial charge in [0, 0.05) is 6.54 Å². The van der Waals surface area contributed by atoms with Crippen molar-refractivity contribution in [3.63, 3.8) is 0 Å². The van der Waals surface area contributed by atoms with Gasteiger partial charge in [-0.05, 0) is 26.7 Å². The third kappa shape index (κ3) is 1.56. The normalized spacial score (nSPS) is 35.4. The maximum Gasteiger partial charge on any atom is 0.248 e. The van der Waals surface area contributed by atoms with Crippen LogP contribution >= 0.6 is 0 Å². The molecule has 2 aliphatic heterocycles. The summed E-state index contributed by atoms with van der Waals surface area (Å²) in [6, 6.07) is 0.0163. The first-order valence-corrected chi connectivity index (χ1v) is 6.21. The van der Waals surface area contributed by atoms with Crippen molar-refractivity contribution < 1.29 is 14.7 Å². The molecule has 0 saturated carbocycles. The first-order valence-electron chi connectivity index (χ1n) is 6.21. The molecule has 17 heavy (non-hydrogen) atoms. The summed E-state index contributed by atoms with van der Waals surface area (Å²) in [4.78, 5) is 25.8. The Morgan fingerprint density at radius 3 is 2.71 bits per heavy atom. The topological polar surface area (TPSA) is 69.6 Å². The molecule has 0 aromatic heterocycles. The van der Waals surface area contributed by atoms with Crippen LogP contribution in [0.15, 0.2) is 0 Å². The van der Waals surface area contributed by atoms with Gasteiger partial charge in [-0.3, -0.25) is 9.59 Å². The van der Waals surface area contributed by atoms with E-state index < -0.39 is 17.6 Å². The SMILES string of the molecule is CC1NC(=O)C12CCCN2C(=O)[C@@H](C)[C@@H](C)O. The van der Waals surface area contributed by atoms with Crippen LogP contribution in [0, 0.1) is 5.92 Å². The average Bonchev–Trinajstić information content (AvgIpc) is 2.74. The fraction of sp³-hybridized carbons (Fsp3) is 0.833. The van der Waals surface area contributed by atoms with Crippen LogP contribution in [-0.4, -0.2) is 46.1 Å². The Morgan fingerprint density at radius 1 is 1.59 bits per heavy atom. The molecule has 96 valence electrons. The summed E-state index contributed by atoms with van der Waals surface area (Å²) >= 11 is 0. The first-order chi connectivity index (χ1) is 7.91. The fourth-order valence-corrected chi connectivity index (χ4v) is 2.85. The van der Waals surface area contributed by atoms with Crippen molar-refractivity contribution in [2.75, 3.05) is 6.54 Å². The third-order valence-electron chi connectivity index (χ3n) is 4.26. The number of aliphatic hydroxyl groups is 1. The van der Waals surface area contributed by atoms with Crippen LogP contribution in [0.2, 0.25) is 0 Å². The number of β-lactam (4-membered cyclic amide) rings is 1. The highest BCUT2D eigenvalue weighted by Crippen LogP contribution is 2.39. The molecule has 0 aromatic carbocycles. The molecule has 2 aliphatic rings. The number of hydrogen-bond acceptors (Lipinski definition) is 3. The van der Waals surface area contributed by atoms with Crippen molar-refractivity contribution in [3.05, 3.63) is 0 Å². The zero-order valence-electron chi connectivity index (χ0n) is 10.6. The summed E-state index contributed by atoms with van der Waals surface area (Å²) in [6.45, 7) is 5.86. The second-order valence-corrected chi connectivity index (χ2v) is 5.24. The summed E-state index contributed by atoms with van der Waals surface area (Å²) in [5.74, 6) is -0.613. The Kier molecular flexibility index (Phi) is 2.89. The second kappa shape index (κ2) is 3.98. The minimum absolute atomic E-state index is 0.0163. The van der Waals surface area contributed by atoms with E-state index in [0.717, 1.165) is 12.8 Å². The number of amides is 2. The number of aliphatic hydroxyl groups excluding tert-OH is 1. The van der Waals surface area contributed by atoms with E-state index in [0.29, 0.717) is 6.54 Å². The van der Waals surface area contributed by atoms with Crippen LogP contribution in [0.5, 0.6) is 0 Å². The van der Waals surface area contributed by atoms with Gasteiger partial charge in [-0.25, -0.2) is 0 Å². The van der Waals surface area contributed by atoms with Crippen molar-refractivity contribution in [2.45, 2.75) is 51.3 Å². The maximum absolute atomic E-state index is 12.3. The van der Waals surface area contributed by atoms with Gasteiger partial charge >= 0.3 is 0 Å². The third-order valence-corrected chi connectivity index (χ3v) is 4.26. The molecule has 2 unspecified atom stereocenters. The summed E-state index contributed by atoms with van der Waals surface area (Å²) in [5, 5.41) is 12.3. The molecule has 2 N–H and O–H groups in total. The molecule has 0 bridgehead atoms. The minimum Gasteiger partial charge on any atom is -0.393 e. The second-order valence-electron chi connectivity index (χ2n) is 5.24. The minimum atomic E-state index is -0.682. The average molecular weight is 240 g/mol. The predicted molar refractivity (Wildman–Crippen MR) is 62.1 cm³/mol. The van der Waals surface area contributed by atoms with Gasteiger partial charge in [0.05, 0.1) is 18.1 Å². The van der Waals surface area contributed by atoms with Gasteiger partial charge in [-0.15, -0.1) is 0 Å². The molecular weight excluding hydrogens is 220 g/mol. The van der Waals surface area contributed by atoms with Crippen molar-refractivity contribution >= 4 is 11.8 Å². The largest absolute Gasteiger partial charge is 0.393 e. The molecule has 2 rings (SSSR count). The highest BCUT2D eigenvalue weighted by Gasteiger charge is 2.60. The Morgan fingerprint density at radius 2 is 2.24 bits per heavy atom. The van der Waals surface area contributed by atoms with Crippen LogP contribution in [0.3, 0.4) is 0 Å². The molecule has 5 heteroatoms. The molecule has 0 aromatic rings. The van der Waals surface area contributed by atoms with Gasteiger partial charge in [-0.2, -0.15) is 0 Å². The van der Waals surface area contributed by atoms with E-state index in [1.165, 1.54) is 0 Å². The van der Waals surface area contributed by atoms with E-state index in [-0.39, 0.29) is 17.9 Å². The first kappa shape index (κ1) is 12.4. The number of carbonyl (C=O) groups excluding carboxylic acids is 2. The monoisotopic (exact) mass is 240 g/mol. The zero-order chi connectivity index (χ0) is 12.8. The van der Waals surface area contributed by atoms with Crippen molar-refractivity contribution in [2.24, 2.45) is 5.92 Å². The van der Waals surface area contributed by atoms with E-state index in [4.69, 9.17) is 0 Å². The van der Waals surface area contributed by atoms with Crippen LogP contribution in [-0.2, 0) is 9.59 Å². The molecule has 4 atom stereocenters. The predicted octanol–water partition coefficient (Wildman–Crippen LogP) is -0.117. The van der Waals surface area contributed by atoms with Crippen LogP contribution in [0.1, 0.15) is 33.6 Å². The van der Waals surface area contributed by atoms with E-state index in [1.54, 1.807) is 18.7 Å². The van der Waals surface area contributed by atoms with Gasteiger partial charge in [0.15, 0.2) is 0 Å². The lowest BCUT2D eigenvalue weighted by molar-refractivity contribution is -0.160. The Hall–Kier alpha value is -1.10. The van der Waals surface area contributed by atoms with Crippen LogP contribution < -0.4 is 5.32 Å². The number of nitrogens with zero attached hydrogens (tertiary/aromatic N) is 1. The highest BCUT2D eigenvalue weighted by molar-refractivity contribution is 5.98. The molecule has 1 spiro atoms. The lowest BCUT2D eigenvalue weighted by Crippen LogP contribution is -2.77. The number of hydrogen-bond donors (Lipinski definition) is 2. The fourth-order valence-electron chi connectivity index (χ4n) is 2.85. The molecule has 5 nitrogen and oxygen atoms in total. The summed E-state index contributed by atoms with van der Waals surface area (Å²) < 4.78 is 0. The standard InChI is InChI=1S/C12H20N2O3/c1-7(8(2)15)10(16)14-6-4-5-12(14)9(3)13-11(12)17/h7-9,15H,4-6H2,1-3H3,(H,13,17)/t7-,8+,9?,12?/m0/s1. The van der Waals surface area contributed by atoms with Gasteiger partial charge in [0.2, 0.25) is 11.8 Å². The number of rotatable bonds is 2. The Labute approximate surface area is 101 Å². The molecular formula is C12H20N2O3. The van der Waals surface area contributed by atoms with Crippen molar-refractivity contribution in [3.8, 4) is 0 Å². The Balaban J connectivity index is 2.21. The van der Waals surface area contributed by atoms with Gasteiger partial charge in [0.25, 0.3) is 0 Å². The molecule has 0 radical (unpaired) electrons. The van der Waals surface area contributed by atoms with Crippen molar-refractivity contribution in [1.82, 2.24) is 10.2 Å². The number of nitrogens with one attached hydrogen (secondary N) is 1. The van der Waals surface area contributed by atoms with E-state index in [1.807, 2.05) is 6.92 Å². The molecule has 2 saturated heterocycles. The maximum atomic E-state index is 12.3. The molecule has 2 amide bonds. The molecule has 2 heterocycles. The van der Waals surface area contributed by atoms with E-state index >= 15 is 0 Å².